The van der Waals surface area contributed by atoms with Crippen LogP contribution in [0.3, 0.4) is 0 Å². The minimum atomic E-state index is -0.354. The highest BCUT2D eigenvalue weighted by atomic mass is 16.2. The highest BCUT2D eigenvalue weighted by Gasteiger charge is 2.12. The van der Waals surface area contributed by atoms with Crippen LogP contribution in [0.1, 0.15) is 20.8 Å². The van der Waals surface area contributed by atoms with Gasteiger partial charge in [0.25, 0.3) is 5.91 Å². The van der Waals surface area contributed by atoms with Crippen LogP contribution in [0.15, 0.2) is 53.5 Å². The van der Waals surface area contributed by atoms with E-state index in [2.05, 4.69) is 10.6 Å². The Hall–Kier alpha value is -2.56. The Morgan fingerprint density at radius 1 is 1.10 bits per heavy atom. The minimum absolute atomic E-state index is 0.104. The number of ketones is 1. The molecule has 1 aromatic carbocycles. The van der Waals surface area contributed by atoms with Gasteiger partial charge < -0.3 is 16.4 Å². The van der Waals surface area contributed by atoms with Gasteiger partial charge in [0.2, 0.25) is 0 Å². The van der Waals surface area contributed by atoms with Crippen LogP contribution in [0, 0.1) is 0 Å². The standard InChI is InChI=1S/C15H19N3O2/c1-10(9-11(2)19)17-14(12(3)16)15(20)18-13-7-5-4-6-8-13/h4-9,17H,16H2,1-3H3,(H,18,20)/b10-9+,14-12-. The average molecular weight is 273 g/mol. The smallest absolute Gasteiger partial charge is 0.273 e. The maximum absolute atomic E-state index is 12.2. The predicted molar refractivity (Wildman–Crippen MR) is 79.5 cm³/mol. The summed E-state index contributed by atoms with van der Waals surface area (Å²) in [6.45, 7) is 4.75. The van der Waals surface area contributed by atoms with Crippen molar-refractivity contribution in [3.8, 4) is 0 Å². The van der Waals surface area contributed by atoms with Crippen LogP contribution >= 0.6 is 0 Å². The lowest BCUT2D eigenvalue weighted by atomic mass is 10.2. The first-order chi connectivity index (χ1) is 9.40. The zero-order chi connectivity index (χ0) is 15.1. The van der Waals surface area contributed by atoms with Gasteiger partial charge in [-0.15, -0.1) is 0 Å². The van der Waals surface area contributed by atoms with Crippen molar-refractivity contribution in [2.75, 3.05) is 5.32 Å². The number of hydrogen-bond acceptors (Lipinski definition) is 4. The lowest BCUT2D eigenvalue weighted by Crippen LogP contribution is -2.28. The third-order valence-electron chi connectivity index (χ3n) is 2.39. The molecule has 0 aromatic heterocycles. The van der Waals surface area contributed by atoms with Crippen LogP contribution in [0.25, 0.3) is 0 Å². The zero-order valence-corrected chi connectivity index (χ0v) is 11.9. The first-order valence-electron chi connectivity index (χ1n) is 6.18. The molecule has 1 amide bonds. The van der Waals surface area contributed by atoms with Crippen LogP contribution in [-0.4, -0.2) is 11.7 Å². The van der Waals surface area contributed by atoms with Gasteiger partial charge in [-0.2, -0.15) is 0 Å². The van der Waals surface area contributed by atoms with Crippen molar-refractivity contribution in [1.82, 2.24) is 5.32 Å². The van der Waals surface area contributed by atoms with Gasteiger partial charge in [-0.25, -0.2) is 0 Å². The molecule has 0 atom stereocenters. The molecule has 0 unspecified atom stereocenters. The molecule has 5 heteroatoms. The molecule has 0 saturated heterocycles. The number of allylic oxidation sites excluding steroid dienone is 3. The summed E-state index contributed by atoms with van der Waals surface area (Å²) in [5.41, 5.74) is 7.51. The Balaban J connectivity index is 2.85. The molecule has 106 valence electrons. The molecule has 0 aliphatic rings. The van der Waals surface area contributed by atoms with Crippen LogP contribution in [0.2, 0.25) is 0 Å². The summed E-state index contributed by atoms with van der Waals surface area (Å²) in [7, 11) is 0. The third-order valence-corrected chi connectivity index (χ3v) is 2.39. The van der Waals surface area contributed by atoms with Crippen molar-refractivity contribution < 1.29 is 9.59 Å². The van der Waals surface area contributed by atoms with E-state index in [-0.39, 0.29) is 17.4 Å². The van der Waals surface area contributed by atoms with Crippen molar-refractivity contribution in [3.05, 3.63) is 53.5 Å². The van der Waals surface area contributed by atoms with Gasteiger partial charge in [0.15, 0.2) is 5.78 Å². The van der Waals surface area contributed by atoms with E-state index >= 15 is 0 Å². The molecule has 4 N–H and O–H groups in total. The first kappa shape index (κ1) is 15.5. The molecule has 5 nitrogen and oxygen atoms in total. The number of para-hydroxylation sites is 1. The highest BCUT2D eigenvalue weighted by Crippen LogP contribution is 2.08. The summed E-state index contributed by atoms with van der Waals surface area (Å²) in [6.07, 6.45) is 1.40. The van der Waals surface area contributed by atoms with E-state index < -0.39 is 0 Å². The van der Waals surface area contributed by atoms with E-state index in [9.17, 15) is 9.59 Å². The molecule has 0 saturated carbocycles. The lowest BCUT2D eigenvalue weighted by Gasteiger charge is -2.13. The summed E-state index contributed by atoms with van der Waals surface area (Å²) >= 11 is 0. The maximum Gasteiger partial charge on any atom is 0.273 e. The Kier molecular flexibility index (Phi) is 5.53. The van der Waals surface area contributed by atoms with Crippen LogP contribution < -0.4 is 16.4 Å². The molecule has 0 aliphatic heterocycles. The molecular weight excluding hydrogens is 254 g/mol. The number of nitrogens with two attached hydrogens (primary N) is 1. The fourth-order valence-electron chi connectivity index (χ4n) is 1.59. The predicted octanol–water partition coefficient (Wildman–Crippen LogP) is 1.90. The van der Waals surface area contributed by atoms with E-state index in [1.165, 1.54) is 13.0 Å². The molecule has 0 fully saturated rings. The summed E-state index contributed by atoms with van der Waals surface area (Å²) < 4.78 is 0. The number of rotatable bonds is 5. The van der Waals surface area contributed by atoms with E-state index in [1.807, 2.05) is 18.2 Å². The number of benzene rings is 1. The second-order valence-electron chi connectivity index (χ2n) is 4.44. The van der Waals surface area contributed by atoms with E-state index in [0.29, 0.717) is 17.1 Å². The van der Waals surface area contributed by atoms with Crippen molar-refractivity contribution in [2.45, 2.75) is 20.8 Å². The van der Waals surface area contributed by atoms with E-state index in [0.717, 1.165) is 0 Å². The Morgan fingerprint density at radius 3 is 2.20 bits per heavy atom. The lowest BCUT2D eigenvalue weighted by molar-refractivity contribution is -0.114. The van der Waals surface area contributed by atoms with Gasteiger partial charge in [0.1, 0.15) is 5.70 Å². The largest absolute Gasteiger partial charge is 0.400 e. The number of anilines is 1. The number of carbonyl (C=O) groups excluding carboxylic acids is 2. The second-order valence-corrected chi connectivity index (χ2v) is 4.44. The van der Waals surface area contributed by atoms with Gasteiger partial charge in [-0.1, -0.05) is 18.2 Å². The van der Waals surface area contributed by atoms with Crippen LogP contribution in [0.5, 0.6) is 0 Å². The topological polar surface area (TPSA) is 84.2 Å². The van der Waals surface area contributed by atoms with Gasteiger partial charge >= 0.3 is 0 Å². The molecule has 0 heterocycles. The summed E-state index contributed by atoms with van der Waals surface area (Å²) in [5.74, 6) is -0.458. The fraction of sp³-hybridized carbons (Fsp3) is 0.200. The third kappa shape index (κ3) is 4.97. The van der Waals surface area contributed by atoms with E-state index in [1.54, 1.807) is 26.0 Å². The Bertz CT molecular complexity index is 556. The SMILES string of the molecule is CC(=O)/C=C(\C)N/C(C(=O)Nc1ccccc1)=C(/C)N. The highest BCUT2D eigenvalue weighted by molar-refractivity contribution is 6.04. The van der Waals surface area contributed by atoms with Crippen molar-refractivity contribution in [2.24, 2.45) is 5.73 Å². The molecule has 20 heavy (non-hydrogen) atoms. The van der Waals surface area contributed by atoms with Gasteiger partial charge in [0, 0.05) is 17.1 Å². The molecule has 1 aromatic rings. The normalized spacial score (nSPS) is 12.4. The summed E-state index contributed by atoms with van der Waals surface area (Å²) in [5, 5.41) is 5.58. The second kappa shape index (κ2) is 7.13. The van der Waals surface area contributed by atoms with Crippen LogP contribution in [-0.2, 0) is 9.59 Å². The molecule has 1 rings (SSSR count). The number of hydrogen-bond donors (Lipinski definition) is 3. The molecule has 0 radical (unpaired) electrons. The molecular formula is C15H19N3O2. The zero-order valence-electron chi connectivity index (χ0n) is 11.9. The average Bonchev–Trinajstić information content (AvgIpc) is 2.35. The van der Waals surface area contributed by atoms with Crippen molar-refractivity contribution in [3.63, 3.8) is 0 Å². The number of amides is 1. The summed E-state index contributed by atoms with van der Waals surface area (Å²) in [4.78, 5) is 23.2. The van der Waals surface area contributed by atoms with Crippen molar-refractivity contribution in [1.29, 1.82) is 0 Å². The van der Waals surface area contributed by atoms with Crippen LogP contribution in [0.4, 0.5) is 5.69 Å². The van der Waals surface area contributed by atoms with Gasteiger partial charge in [0.05, 0.1) is 0 Å². The molecule has 0 aliphatic carbocycles. The van der Waals surface area contributed by atoms with Gasteiger partial charge in [-0.3, -0.25) is 9.59 Å². The van der Waals surface area contributed by atoms with Gasteiger partial charge in [-0.05, 0) is 39.0 Å². The fourth-order valence-corrected chi connectivity index (χ4v) is 1.59. The Morgan fingerprint density at radius 2 is 1.70 bits per heavy atom. The summed E-state index contributed by atoms with van der Waals surface area (Å²) in [6, 6.07) is 9.06. The Labute approximate surface area is 118 Å². The maximum atomic E-state index is 12.2. The molecule has 0 spiro atoms. The quantitative estimate of drug-likeness (QED) is 0.715. The monoisotopic (exact) mass is 273 g/mol. The first-order valence-corrected chi connectivity index (χ1v) is 6.18. The number of carbonyl (C=O) groups is 2. The minimum Gasteiger partial charge on any atom is -0.400 e. The number of nitrogens with one attached hydrogen (secondary N) is 2. The van der Waals surface area contributed by atoms with E-state index in [4.69, 9.17) is 5.73 Å². The van der Waals surface area contributed by atoms with Crippen molar-refractivity contribution >= 4 is 17.4 Å². The molecule has 0 bridgehead atoms.